The zero-order valence-corrected chi connectivity index (χ0v) is 9.46. The number of benzene rings is 1. The van der Waals surface area contributed by atoms with Crippen LogP contribution in [-0.4, -0.2) is 19.1 Å². The van der Waals surface area contributed by atoms with Gasteiger partial charge in [0.05, 0.1) is 11.4 Å². The van der Waals surface area contributed by atoms with Crippen molar-refractivity contribution in [2.75, 3.05) is 23.3 Å². The number of anilines is 2. The first-order valence-electron chi connectivity index (χ1n) is 5.59. The second-order valence-corrected chi connectivity index (χ2v) is 4.14. The molecule has 82 valence electrons. The van der Waals surface area contributed by atoms with Crippen molar-refractivity contribution in [3.63, 3.8) is 0 Å². The Hall–Kier alpha value is -1.22. The van der Waals surface area contributed by atoms with E-state index in [1.54, 1.807) is 0 Å². The number of fused-ring (bicyclic) bond motifs is 1. The molecular weight excluding hydrogens is 186 g/mol. The van der Waals surface area contributed by atoms with Gasteiger partial charge in [-0.15, -0.1) is 0 Å². The van der Waals surface area contributed by atoms with E-state index in [0.29, 0.717) is 12.6 Å². The summed E-state index contributed by atoms with van der Waals surface area (Å²) < 4.78 is 0. The van der Waals surface area contributed by atoms with Crippen LogP contribution in [0.3, 0.4) is 0 Å². The van der Waals surface area contributed by atoms with E-state index in [-0.39, 0.29) is 0 Å². The Labute approximate surface area is 91.3 Å². The Morgan fingerprint density at radius 2 is 2.33 bits per heavy atom. The summed E-state index contributed by atoms with van der Waals surface area (Å²) in [5, 5.41) is 3.49. The van der Waals surface area contributed by atoms with Crippen LogP contribution in [0.4, 0.5) is 11.4 Å². The fourth-order valence-corrected chi connectivity index (χ4v) is 2.13. The Morgan fingerprint density at radius 1 is 1.53 bits per heavy atom. The Bertz CT molecular complexity index is 349. The summed E-state index contributed by atoms with van der Waals surface area (Å²) in [4.78, 5) is 2.40. The van der Waals surface area contributed by atoms with E-state index < -0.39 is 0 Å². The van der Waals surface area contributed by atoms with Crippen LogP contribution < -0.4 is 16.0 Å². The third-order valence-corrected chi connectivity index (χ3v) is 2.92. The predicted molar refractivity (Wildman–Crippen MR) is 65.3 cm³/mol. The lowest BCUT2D eigenvalue weighted by molar-refractivity contribution is 0.702. The van der Waals surface area contributed by atoms with Gasteiger partial charge in [0.25, 0.3) is 0 Å². The van der Waals surface area contributed by atoms with Crippen molar-refractivity contribution < 1.29 is 0 Å². The van der Waals surface area contributed by atoms with Gasteiger partial charge in [0, 0.05) is 25.7 Å². The van der Waals surface area contributed by atoms with Crippen LogP contribution in [0, 0.1) is 0 Å². The Morgan fingerprint density at radius 3 is 3.00 bits per heavy atom. The lowest BCUT2D eigenvalue weighted by Gasteiger charge is -2.35. The molecule has 2 rings (SSSR count). The first-order valence-corrected chi connectivity index (χ1v) is 5.59. The quantitative estimate of drug-likeness (QED) is 0.773. The number of hydrogen-bond donors (Lipinski definition) is 2. The number of likely N-dealkylation sites (N-methyl/N-ethyl adjacent to an activating group) is 1. The van der Waals surface area contributed by atoms with E-state index in [1.165, 1.54) is 16.9 Å². The summed E-state index contributed by atoms with van der Waals surface area (Å²) in [6.45, 7) is 7.13. The first kappa shape index (κ1) is 10.3. The van der Waals surface area contributed by atoms with Gasteiger partial charge in [-0.2, -0.15) is 0 Å². The van der Waals surface area contributed by atoms with Crippen LogP contribution in [0.2, 0.25) is 0 Å². The van der Waals surface area contributed by atoms with Gasteiger partial charge < -0.3 is 16.0 Å². The van der Waals surface area contributed by atoms with Gasteiger partial charge >= 0.3 is 0 Å². The van der Waals surface area contributed by atoms with E-state index in [2.05, 4.69) is 42.3 Å². The Kier molecular flexibility index (Phi) is 2.82. The zero-order chi connectivity index (χ0) is 10.8. The Balaban J connectivity index is 2.38. The van der Waals surface area contributed by atoms with Crippen LogP contribution in [-0.2, 0) is 6.54 Å². The van der Waals surface area contributed by atoms with E-state index in [4.69, 9.17) is 5.73 Å². The molecule has 0 aromatic heterocycles. The molecule has 0 bridgehead atoms. The standard InChI is InChI=1S/C12H19N3/c1-3-15-8-9(2)14-11-5-4-10(7-13)6-12(11)15/h4-6,9,14H,3,7-8,13H2,1-2H3. The average molecular weight is 205 g/mol. The van der Waals surface area contributed by atoms with Gasteiger partial charge in [0.1, 0.15) is 0 Å². The molecule has 1 aromatic carbocycles. The number of nitrogens with two attached hydrogens (primary N) is 1. The molecule has 0 fully saturated rings. The molecular formula is C12H19N3. The van der Waals surface area contributed by atoms with Crippen LogP contribution >= 0.6 is 0 Å². The van der Waals surface area contributed by atoms with Crippen molar-refractivity contribution in [3.05, 3.63) is 23.8 Å². The summed E-state index contributed by atoms with van der Waals surface area (Å²) >= 11 is 0. The molecule has 15 heavy (non-hydrogen) atoms. The number of rotatable bonds is 2. The molecule has 0 aliphatic carbocycles. The smallest absolute Gasteiger partial charge is 0.0605 e. The van der Waals surface area contributed by atoms with Gasteiger partial charge in [-0.3, -0.25) is 0 Å². The highest BCUT2D eigenvalue weighted by atomic mass is 15.2. The largest absolute Gasteiger partial charge is 0.379 e. The molecule has 0 amide bonds. The number of nitrogens with one attached hydrogen (secondary N) is 1. The fourth-order valence-electron chi connectivity index (χ4n) is 2.13. The lowest BCUT2D eigenvalue weighted by atomic mass is 10.1. The van der Waals surface area contributed by atoms with Crippen molar-refractivity contribution in [2.45, 2.75) is 26.4 Å². The second kappa shape index (κ2) is 4.11. The molecule has 1 heterocycles. The maximum atomic E-state index is 5.66. The van der Waals surface area contributed by atoms with Gasteiger partial charge in [-0.1, -0.05) is 6.07 Å². The fraction of sp³-hybridized carbons (Fsp3) is 0.500. The lowest BCUT2D eigenvalue weighted by Crippen LogP contribution is -2.39. The molecule has 3 heteroatoms. The van der Waals surface area contributed by atoms with Crippen LogP contribution in [0.15, 0.2) is 18.2 Å². The zero-order valence-electron chi connectivity index (χ0n) is 9.46. The maximum Gasteiger partial charge on any atom is 0.0605 e. The number of hydrogen-bond acceptors (Lipinski definition) is 3. The first-order chi connectivity index (χ1) is 7.24. The molecule has 3 nitrogen and oxygen atoms in total. The molecule has 0 spiro atoms. The normalized spacial score (nSPS) is 19.7. The molecule has 1 unspecified atom stereocenters. The van der Waals surface area contributed by atoms with Gasteiger partial charge in [0.15, 0.2) is 0 Å². The van der Waals surface area contributed by atoms with Crippen LogP contribution in [0.1, 0.15) is 19.4 Å². The second-order valence-electron chi connectivity index (χ2n) is 4.14. The molecule has 1 aromatic rings. The summed E-state index contributed by atoms with van der Waals surface area (Å²) in [5.41, 5.74) is 9.38. The summed E-state index contributed by atoms with van der Waals surface area (Å²) in [6, 6.07) is 6.94. The molecule has 0 radical (unpaired) electrons. The van der Waals surface area contributed by atoms with Gasteiger partial charge in [0.2, 0.25) is 0 Å². The third-order valence-electron chi connectivity index (χ3n) is 2.92. The van der Waals surface area contributed by atoms with E-state index >= 15 is 0 Å². The maximum absolute atomic E-state index is 5.66. The van der Waals surface area contributed by atoms with E-state index in [0.717, 1.165) is 13.1 Å². The topological polar surface area (TPSA) is 41.3 Å². The molecule has 1 atom stereocenters. The minimum atomic E-state index is 0.515. The molecule has 3 N–H and O–H groups in total. The highest BCUT2D eigenvalue weighted by molar-refractivity contribution is 5.73. The highest BCUT2D eigenvalue weighted by Crippen LogP contribution is 2.31. The molecule has 1 aliphatic rings. The van der Waals surface area contributed by atoms with Crippen molar-refractivity contribution >= 4 is 11.4 Å². The minimum absolute atomic E-state index is 0.515. The predicted octanol–water partition coefficient (Wildman–Crippen LogP) is 1.79. The van der Waals surface area contributed by atoms with Gasteiger partial charge in [-0.25, -0.2) is 0 Å². The van der Waals surface area contributed by atoms with E-state index in [9.17, 15) is 0 Å². The summed E-state index contributed by atoms with van der Waals surface area (Å²) in [5.74, 6) is 0. The molecule has 0 saturated heterocycles. The van der Waals surface area contributed by atoms with Crippen LogP contribution in [0.25, 0.3) is 0 Å². The molecule has 0 saturated carbocycles. The number of nitrogens with zero attached hydrogens (tertiary/aromatic N) is 1. The van der Waals surface area contributed by atoms with Crippen LogP contribution in [0.5, 0.6) is 0 Å². The van der Waals surface area contributed by atoms with Crippen molar-refractivity contribution in [1.29, 1.82) is 0 Å². The molecule has 1 aliphatic heterocycles. The highest BCUT2D eigenvalue weighted by Gasteiger charge is 2.19. The summed E-state index contributed by atoms with van der Waals surface area (Å²) in [7, 11) is 0. The van der Waals surface area contributed by atoms with Crippen molar-refractivity contribution in [1.82, 2.24) is 0 Å². The van der Waals surface area contributed by atoms with Crippen molar-refractivity contribution in [3.8, 4) is 0 Å². The monoisotopic (exact) mass is 205 g/mol. The minimum Gasteiger partial charge on any atom is -0.379 e. The summed E-state index contributed by atoms with van der Waals surface area (Å²) in [6.07, 6.45) is 0. The van der Waals surface area contributed by atoms with E-state index in [1.807, 2.05) is 0 Å². The van der Waals surface area contributed by atoms with Crippen molar-refractivity contribution in [2.24, 2.45) is 5.73 Å². The average Bonchev–Trinajstić information content (AvgIpc) is 2.27. The van der Waals surface area contributed by atoms with Gasteiger partial charge in [-0.05, 0) is 31.5 Å². The SMILES string of the molecule is CCN1CC(C)Nc2ccc(CN)cc21. The third kappa shape index (κ3) is 1.92.